The maximum Gasteiger partial charge on any atom is 0.251 e. The molecule has 128 valence electrons. The number of benzene rings is 1. The number of carbonyl (C=O) groups is 2. The van der Waals surface area contributed by atoms with Crippen LogP contribution in [0.1, 0.15) is 28.1 Å². The lowest BCUT2D eigenvalue weighted by molar-refractivity contribution is -0.121. The Balaban J connectivity index is 1.57. The molecule has 0 spiro atoms. The third-order valence-corrected chi connectivity index (χ3v) is 4.43. The number of carbonyl (C=O) groups excluding carboxylic acids is 2. The van der Waals surface area contributed by atoms with Crippen molar-refractivity contribution in [3.05, 3.63) is 52.2 Å². The van der Waals surface area contributed by atoms with Gasteiger partial charge in [0, 0.05) is 30.0 Å². The zero-order valence-electron chi connectivity index (χ0n) is 13.7. The fourth-order valence-corrected chi connectivity index (χ4v) is 2.87. The third kappa shape index (κ3) is 6.04. The van der Waals surface area contributed by atoms with Gasteiger partial charge in [-0.1, -0.05) is 6.07 Å². The Kier molecular flexibility index (Phi) is 7.29. The zero-order chi connectivity index (χ0) is 17.2. The molecule has 1 aromatic carbocycles. The van der Waals surface area contributed by atoms with E-state index in [1.54, 1.807) is 42.7 Å². The molecule has 0 bridgehead atoms. The number of thiophene rings is 1. The number of nitrogens with one attached hydrogen (secondary N) is 2. The Labute approximate surface area is 146 Å². The lowest BCUT2D eigenvalue weighted by atomic mass is 10.2. The predicted molar refractivity (Wildman–Crippen MR) is 95.6 cm³/mol. The molecule has 0 fully saturated rings. The molecule has 24 heavy (non-hydrogen) atoms. The van der Waals surface area contributed by atoms with Gasteiger partial charge in [0.2, 0.25) is 5.91 Å². The number of rotatable bonds is 9. The molecular weight excluding hydrogens is 324 g/mol. The summed E-state index contributed by atoms with van der Waals surface area (Å²) in [5, 5.41) is 7.74. The molecule has 1 heterocycles. The maximum atomic E-state index is 11.9. The second-order valence-corrected chi connectivity index (χ2v) is 6.30. The van der Waals surface area contributed by atoms with Gasteiger partial charge in [0.1, 0.15) is 5.75 Å². The van der Waals surface area contributed by atoms with Crippen LogP contribution in [0.2, 0.25) is 0 Å². The van der Waals surface area contributed by atoms with Gasteiger partial charge in [0.25, 0.3) is 5.91 Å². The molecule has 2 N–H and O–H groups in total. The zero-order valence-corrected chi connectivity index (χ0v) is 14.5. The smallest absolute Gasteiger partial charge is 0.251 e. The molecular formula is C18H22N2O3S. The normalized spacial score (nSPS) is 10.2. The quantitative estimate of drug-likeness (QED) is 0.686. The van der Waals surface area contributed by atoms with Crippen molar-refractivity contribution in [2.24, 2.45) is 0 Å². The van der Waals surface area contributed by atoms with Crippen molar-refractivity contribution in [1.29, 1.82) is 0 Å². The van der Waals surface area contributed by atoms with Gasteiger partial charge in [-0.15, -0.1) is 11.3 Å². The van der Waals surface area contributed by atoms with E-state index in [2.05, 4.69) is 16.7 Å². The van der Waals surface area contributed by atoms with Gasteiger partial charge in [-0.3, -0.25) is 9.59 Å². The molecule has 0 aliphatic rings. The molecule has 0 saturated carbocycles. The Morgan fingerprint density at radius 2 is 1.88 bits per heavy atom. The van der Waals surface area contributed by atoms with Crippen LogP contribution < -0.4 is 15.4 Å². The predicted octanol–water partition coefficient (Wildman–Crippen LogP) is 2.63. The lowest BCUT2D eigenvalue weighted by Gasteiger charge is -2.07. The summed E-state index contributed by atoms with van der Waals surface area (Å²) in [4.78, 5) is 24.9. The van der Waals surface area contributed by atoms with Crippen LogP contribution in [0.15, 0.2) is 41.8 Å². The van der Waals surface area contributed by atoms with Gasteiger partial charge in [-0.05, 0) is 48.6 Å². The Morgan fingerprint density at radius 3 is 2.54 bits per heavy atom. The van der Waals surface area contributed by atoms with Crippen LogP contribution in [0.5, 0.6) is 5.75 Å². The number of amides is 2. The van der Waals surface area contributed by atoms with E-state index in [9.17, 15) is 9.59 Å². The van der Waals surface area contributed by atoms with Crippen LogP contribution in [0, 0.1) is 0 Å². The minimum atomic E-state index is -0.143. The number of hydrogen-bond donors (Lipinski definition) is 2. The molecule has 2 rings (SSSR count). The molecule has 0 aliphatic heterocycles. The average molecular weight is 346 g/mol. The molecule has 5 nitrogen and oxygen atoms in total. The van der Waals surface area contributed by atoms with Crippen molar-refractivity contribution in [2.45, 2.75) is 19.3 Å². The van der Waals surface area contributed by atoms with Crippen molar-refractivity contribution in [3.63, 3.8) is 0 Å². The molecule has 0 unspecified atom stereocenters. The van der Waals surface area contributed by atoms with E-state index in [1.807, 2.05) is 11.4 Å². The summed E-state index contributed by atoms with van der Waals surface area (Å²) in [7, 11) is 1.58. The highest BCUT2D eigenvalue weighted by molar-refractivity contribution is 7.09. The van der Waals surface area contributed by atoms with Crippen molar-refractivity contribution in [1.82, 2.24) is 10.6 Å². The van der Waals surface area contributed by atoms with Crippen LogP contribution >= 0.6 is 11.3 Å². The van der Waals surface area contributed by atoms with E-state index in [0.717, 1.165) is 6.42 Å². The van der Waals surface area contributed by atoms with Crippen molar-refractivity contribution in [3.8, 4) is 5.75 Å². The summed E-state index contributed by atoms with van der Waals surface area (Å²) in [5.41, 5.74) is 0.580. The van der Waals surface area contributed by atoms with Gasteiger partial charge < -0.3 is 15.4 Å². The minimum Gasteiger partial charge on any atom is -0.497 e. The molecule has 0 radical (unpaired) electrons. The molecule has 0 aliphatic carbocycles. The van der Waals surface area contributed by atoms with Gasteiger partial charge in [0.05, 0.1) is 7.11 Å². The second kappa shape index (κ2) is 9.72. The highest BCUT2D eigenvalue weighted by atomic mass is 32.1. The van der Waals surface area contributed by atoms with Crippen molar-refractivity contribution < 1.29 is 14.3 Å². The summed E-state index contributed by atoms with van der Waals surface area (Å²) in [6, 6.07) is 11.0. The summed E-state index contributed by atoms with van der Waals surface area (Å²) >= 11 is 1.69. The van der Waals surface area contributed by atoms with E-state index in [4.69, 9.17) is 4.74 Å². The SMILES string of the molecule is COc1ccc(C(=O)NCCCC(=O)NCCc2cccs2)cc1. The first-order valence-corrected chi connectivity index (χ1v) is 8.78. The number of methoxy groups -OCH3 is 1. The van der Waals surface area contributed by atoms with Gasteiger partial charge in [-0.25, -0.2) is 0 Å². The molecule has 1 aromatic heterocycles. The molecule has 6 heteroatoms. The number of ether oxygens (including phenoxy) is 1. The van der Waals surface area contributed by atoms with E-state index >= 15 is 0 Å². The monoisotopic (exact) mass is 346 g/mol. The van der Waals surface area contributed by atoms with Gasteiger partial charge in [-0.2, -0.15) is 0 Å². The summed E-state index contributed by atoms with van der Waals surface area (Å²) in [6.45, 7) is 1.13. The van der Waals surface area contributed by atoms with Crippen LogP contribution in [-0.4, -0.2) is 32.0 Å². The first kappa shape index (κ1) is 18.0. The summed E-state index contributed by atoms with van der Waals surface area (Å²) < 4.78 is 5.05. The van der Waals surface area contributed by atoms with E-state index < -0.39 is 0 Å². The molecule has 2 amide bonds. The summed E-state index contributed by atoms with van der Waals surface area (Å²) in [5.74, 6) is 0.590. The number of hydrogen-bond acceptors (Lipinski definition) is 4. The van der Waals surface area contributed by atoms with E-state index in [1.165, 1.54) is 4.88 Å². The van der Waals surface area contributed by atoms with Gasteiger partial charge >= 0.3 is 0 Å². The highest BCUT2D eigenvalue weighted by Gasteiger charge is 2.06. The van der Waals surface area contributed by atoms with Crippen LogP contribution in [0.3, 0.4) is 0 Å². The Hall–Kier alpha value is -2.34. The molecule has 0 saturated heterocycles. The van der Waals surface area contributed by atoms with Crippen LogP contribution in [0.4, 0.5) is 0 Å². The largest absolute Gasteiger partial charge is 0.497 e. The van der Waals surface area contributed by atoms with Crippen molar-refractivity contribution >= 4 is 23.2 Å². The maximum absolute atomic E-state index is 11.9. The van der Waals surface area contributed by atoms with Crippen molar-refractivity contribution in [2.75, 3.05) is 20.2 Å². The summed E-state index contributed by atoms with van der Waals surface area (Å²) in [6.07, 6.45) is 1.89. The first-order valence-electron chi connectivity index (χ1n) is 7.90. The topological polar surface area (TPSA) is 67.4 Å². The first-order chi connectivity index (χ1) is 11.7. The van der Waals surface area contributed by atoms with Crippen LogP contribution in [-0.2, 0) is 11.2 Å². The van der Waals surface area contributed by atoms with Crippen LogP contribution in [0.25, 0.3) is 0 Å². The Morgan fingerprint density at radius 1 is 1.08 bits per heavy atom. The average Bonchev–Trinajstić information content (AvgIpc) is 3.12. The minimum absolute atomic E-state index is 0.0188. The standard InChI is InChI=1S/C18H22N2O3S/c1-23-15-8-6-14(7-9-15)18(22)20-11-2-5-17(21)19-12-10-16-4-3-13-24-16/h3-4,6-9,13H,2,5,10-12H2,1H3,(H,19,21)(H,20,22). The fourth-order valence-electron chi connectivity index (χ4n) is 2.16. The van der Waals surface area contributed by atoms with E-state index in [-0.39, 0.29) is 11.8 Å². The lowest BCUT2D eigenvalue weighted by Crippen LogP contribution is -2.28. The highest BCUT2D eigenvalue weighted by Crippen LogP contribution is 2.11. The second-order valence-electron chi connectivity index (χ2n) is 5.27. The third-order valence-electron chi connectivity index (χ3n) is 3.49. The fraction of sp³-hybridized carbons (Fsp3) is 0.333. The van der Waals surface area contributed by atoms with E-state index in [0.29, 0.717) is 37.2 Å². The van der Waals surface area contributed by atoms with Gasteiger partial charge in [0.15, 0.2) is 0 Å². The Bertz CT molecular complexity index is 639. The molecule has 0 atom stereocenters. The molecule has 2 aromatic rings.